The van der Waals surface area contributed by atoms with Crippen LogP contribution in [0.2, 0.25) is 0 Å². The first-order valence-corrected chi connectivity index (χ1v) is 8.11. The van der Waals surface area contributed by atoms with E-state index < -0.39 is 10.0 Å². The van der Waals surface area contributed by atoms with Crippen LogP contribution in [0.5, 0.6) is 0 Å². The summed E-state index contributed by atoms with van der Waals surface area (Å²) in [6.07, 6.45) is 1.55. The van der Waals surface area contributed by atoms with E-state index in [4.69, 9.17) is 5.73 Å². The first-order chi connectivity index (χ1) is 8.74. The molecule has 5 heteroatoms. The Labute approximate surface area is 116 Å². The van der Waals surface area contributed by atoms with Crippen LogP contribution in [0, 0.1) is 20.8 Å². The van der Waals surface area contributed by atoms with Crippen molar-refractivity contribution in [1.29, 1.82) is 0 Å². The summed E-state index contributed by atoms with van der Waals surface area (Å²) in [5, 5.41) is 0. The van der Waals surface area contributed by atoms with E-state index in [1.807, 2.05) is 33.8 Å². The smallest absolute Gasteiger partial charge is 0.241 e. The summed E-state index contributed by atoms with van der Waals surface area (Å²) in [4.78, 5) is 0.330. The van der Waals surface area contributed by atoms with Crippen molar-refractivity contribution >= 4 is 15.7 Å². The second-order valence-electron chi connectivity index (χ2n) is 5.00. The molecule has 0 heterocycles. The monoisotopic (exact) mass is 284 g/mol. The molecule has 4 nitrogen and oxygen atoms in total. The highest BCUT2D eigenvalue weighted by Gasteiger charge is 2.24. The number of nitrogen functional groups attached to an aromatic ring is 1. The van der Waals surface area contributed by atoms with Gasteiger partial charge in [0.2, 0.25) is 10.0 Å². The largest absolute Gasteiger partial charge is 0.398 e. The molecule has 0 atom stereocenters. The molecule has 0 unspecified atom stereocenters. The van der Waals surface area contributed by atoms with E-state index >= 15 is 0 Å². The van der Waals surface area contributed by atoms with Gasteiger partial charge in [-0.3, -0.25) is 0 Å². The molecule has 19 heavy (non-hydrogen) atoms. The summed E-state index contributed by atoms with van der Waals surface area (Å²) in [5.74, 6) is 0. The topological polar surface area (TPSA) is 72.2 Å². The van der Waals surface area contributed by atoms with Gasteiger partial charge >= 0.3 is 0 Å². The predicted octanol–water partition coefficient (Wildman–Crippen LogP) is 2.66. The lowest BCUT2D eigenvalue weighted by atomic mass is 10.1. The molecule has 0 aromatic heterocycles. The Morgan fingerprint density at radius 3 is 2.16 bits per heavy atom. The Bertz CT molecular complexity index is 535. The van der Waals surface area contributed by atoms with E-state index in [0.717, 1.165) is 24.0 Å². The minimum atomic E-state index is -3.52. The minimum Gasteiger partial charge on any atom is -0.398 e. The molecule has 0 radical (unpaired) electrons. The third kappa shape index (κ3) is 3.28. The first kappa shape index (κ1) is 16.0. The predicted molar refractivity (Wildman–Crippen MR) is 79.8 cm³/mol. The number of nitrogens with one attached hydrogen (secondary N) is 1. The van der Waals surface area contributed by atoms with Crippen LogP contribution < -0.4 is 10.5 Å². The van der Waals surface area contributed by atoms with Crippen molar-refractivity contribution in [2.45, 2.75) is 58.4 Å². The fourth-order valence-corrected chi connectivity index (χ4v) is 4.15. The summed E-state index contributed by atoms with van der Waals surface area (Å²) in [5.41, 5.74) is 8.70. The van der Waals surface area contributed by atoms with Gasteiger partial charge in [0.25, 0.3) is 0 Å². The van der Waals surface area contributed by atoms with Gasteiger partial charge in [0.15, 0.2) is 0 Å². The van der Waals surface area contributed by atoms with Gasteiger partial charge in [-0.25, -0.2) is 13.1 Å². The van der Waals surface area contributed by atoms with Gasteiger partial charge in [-0.15, -0.1) is 0 Å². The second-order valence-corrected chi connectivity index (χ2v) is 6.65. The molecule has 0 saturated carbocycles. The van der Waals surface area contributed by atoms with E-state index in [1.165, 1.54) is 0 Å². The van der Waals surface area contributed by atoms with Crippen LogP contribution in [0.15, 0.2) is 11.0 Å². The average Bonchev–Trinajstić information content (AvgIpc) is 2.33. The van der Waals surface area contributed by atoms with Gasteiger partial charge in [0.05, 0.1) is 4.90 Å². The Hall–Kier alpha value is -1.07. The molecule has 0 aliphatic heterocycles. The zero-order valence-corrected chi connectivity index (χ0v) is 13.2. The highest BCUT2D eigenvalue weighted by atomic mass is 32.2. The van der Waals surface area contributed by atoms with Gasteiger partial charge in [0, 0.05) is 11.7 Å². The summed E-state index contributed by atoms with van der Waals surface area (Å²) in [6, 6.07) is 1.78. The van der Waals surface area contributed by atoms with Crippen molar-refractivity contribution < 1.29 is 8.42 Å². The normalized spacial score (nSPS) is 12.1. The van der Waals surface area contributed by atoms with Gasteiger partial charge in [0.1, 0.15) is 0 Å². The van der Waals surface area contributed by atoms with Crippen LogP contribution in [0.25, 0.3) is 0 Å². The summed E-state index contributed by atoms with van der Waals surface area (Å²) in [6.45, 7) is 9.40. The van der Waals surface area contributed by atoms with Crippen molar-refractivity contribution in [3.05, 3.63) is 22.8 Å². The van der Waals surface area contributed by atoms with Crippen molar-refractivity contribution in [3.63, 3.8) is 0 Å². The maximum atomic E-state index is 12.5. The Balaban J connectivity index is 3.37. The quantitative estimate of drug-likeness (QED) is 0.816. The number of hydrogen-bond acceptors (Lipinski definition) is 3. The number of rotatable bonds is 5. The molecular formula is C14H24N2O2S. The molecule has 0 aliphatic rings. The maximum absolute atomic E-state index is 12.5. The number of sulfonamides is 1. The molecule has 0 fully saturated rings. The van der Waals surface area contributed by atoms with E-state index in [2.05, 4.69) is 4.72 Å². The molecule has 1 aromatic carbocycles. The fourth-order valence-electron chi connectivity index (χ4n) is 2.18. The molecule has 0 saturated heterocycles. The minimum absolute atomic E-state index is 0.0365. The third-order valence-corrected chi connectivity index (χ3v) is 5.45. The van der Waals surface area contributed by atoms with Crippen LogP contribution in [0.4, 0.5) is 5.69 Å². The summed E-state index contributed by atoms with van der Waals surface area (Å²) < 4.78 is 27.8. The lowest BCUT2D eigenvalue weighted by Gasteiger charge is -2.19. The van der Waals surface area contributed by atoms with Gasteiger partial charge < -0.3 is 5.73 Å². The SMILES string of the molecule is CCC(CC)NS(=O)(=O)c1c(C)c(C)cc(N)c1C. The van der Waals surface area contributed by atoms with Crippen LogP contribution in [-0.4, -0.2) is 14.5 Å². The van der Waals surface area contributed by atoms with Crippen molar-refractivity contribution in [1.82, 2.24) is 4.72 Å². The van der Waals surface area contributed by atoms with E-state index in [-0.39, 0.29) is 6.04 Å². The Morgan fingerprint density at radius 1 is 1.16 bits per heavy atom. The van der Waals surface area contributed by atoms with Crippen LogP contribution in [-0.2, 0) is 10.0 Å². The lowest BCUT2D eigenvalue weighted by molar-refractivity contribution is 0.529. The van der Waals surface area contributed by atoms with Crippen molar-refractivity contribution in [2.75, 3.05) is 5.73 Å². The molecule has 0 spiro atoms. The van der Waals surface area contributed by atoms with E-state index in [0.29, 0.717) is 16.1 Å². The molecule has 1 rings (SSSR count). The Kier molecular flexibility index (Phi) is 4.98. The zero-order valence-electron chi connectivity index (χ0n) is 12.4. The lowest BCUT2D eigenvalue weighted by Crippen LogP contribution is -2.34. The second kappa shape index (κ2) is 5.92. The number of anilines is 1. The van der Waals surface area contributed by atoms with Crippen LogP contribution in [0.3, 0.4) is 0 Å². The number of hydrogen-bond donors (Lipinski definition) is 2. The molecule has 1 aromatic rings. The summed E-state index contributed by atoms with van der Waals surface area (Å²) >= 11 is 0. The fraction of sp³-hybridized carbons (Fsp3) is 0.571. The Morgan fingerprint density at radius 2 is 1.68 bits per heavy atom. The summed E-state index contributed by atoms with van der Waals surface area (Å²) in [7, 11) is -3.52. The standard InChI is InChI=1S/C14H24N2O2S/c1-6-12(7-2)16-19(17,18)14-10(4)9(3)8-13(15)11(14)5/h8,12,16H,6-7,15H2,1-5H3. The van der Waals surface area contributed by atoms with Crippen molar-refractivity contribution in [3.8, 4) is 0 Å². The molecule has 108 valence electrons. The number of benzene rings is 1. The van der Waals surface area contributed by atoms with Crippen LogP contribution >= 0.6 is 0 Å². The highest BCUT2D eigenvalue weighted by Crippen LogP contribution is 2.28. The molecule has 0 bridgehead atoms. The van der Waals surface area contributed by atoms with Gasteiger partial charge in [-0.05, 0) is 56.4 Å². The highest BCUT2D eigenvalue weighted by molar-refractivity contribution is 7.89. The first-order valence-electron chi connectivity index (χ1n) is 6.63. The van der Waals surface area contributed by atoms with Crippen LogP contribution in [0.1, 0.15) is 43.4 Å². The van der Waals surface area contributed by atoms with Gasteiger partial charge in [-0.2, -0.15) is 0 Å². The number of nitrogens with two attached hydrogens (primary N) is 1. The third-order valence-electron chi connectivity index (χ3n) is 3.65. The van der Waals surface area contributed by atoms with E-state index in [1.54, 1.807) is 6.92 Å². The molecule has 0 amide bonds. The van der Waals surface area contributed by atoms with E-state index in [9.17, 15) is 8.42 Å². The van der Waals surface area contributed by atoms with Gasteiger partial charge in [-0.1, -0.05) is 13.8 Å². The average molecular weight is 284 g/mol. The zero-order chi connectivity index (χ0) is 14.8. The van der Waals surface area contributed by atoms with Crippen molar-refractivity contribution in [2.24, 2.45) is 0 Å². The molecule has 3 N–H and O–H groups in total. The maximum Gasteiger partial charge on any atom is 0.241 e. The molecular weight excluding hydrogens is 260 g/mol. The molecule has 0 aliphatic carbocycles. The number of aryl methyl sites for hydroxylation is 1.